The lowest BCUT2D eigenvalue weighted by atomic mass is 10.0. The molecule has 0 spiro atoms. The van der Waals surface area contributed by atoms with Crippen molar-refractivity contribution in [1.29, 1.82) is 0 Å². The van der Waals surface area contributed by atoms with Crippen molar-refractivity contribution in [2.45, 2.75) is 31.8 Å². The Morgan fingerprint density at radius 3 is 2.60 bits per heavy atom. The highest BCUT2D eigenvalue weighted by Gasteiger charge is 2.23. The number of hydrogen-bond donors (Lipinski definition) is 1. The minimum absolute atomic E-state index is 0.657. The minimum Gasteiger partial charge on any atom is -0.373 e. The van der Waals surface area contributed by atoms with Gasteiger partial charge in [-0.2, -0.15) is 0 Å². The molecule has 2 heterocycles. The molecule has 25 heavy (non-hydrogen) atoms. The largest absolute Gasteiger partial charge is 0.373 e. The third kappa shape index (κ3) is 5.03. The normalized spacial score (nSPS) is 16.3. The van der Waals surface area contributed by atoms with Crippen LogP contribution in [-0.2, 0) is 13.0 Å². The van der Waals surface area contributed by atoms with Gasteiger partial charge in [0.05, 0.1) is 0 Å². The van der Waals surface area contributed by atoms with Gasteiger partial charge in [-0.25, -0.2) is 4.98 Å². The molecule has 1 fully saturated rings. The van der Waals surface area contributed by atoms with E-state index >= 15 is 0 Å². The molecule has 4 nitrogen and oxygen atoms in total. The van der Waals surface area contributed by atoms with Gasteiger partial charge in [-0.15, -0.1) is 0 Å². The van der Waals surface area contributed by atoms with Crippen LogP contribution in [0.2, 0.25) is 0 Å². The van der Waals surface area contributed by atoms with Crippen LogP contribution in [0.3, 0.4) is 0 Å². The van der Waals surface area contributed by atoms with Crippen LogP contribution in [-0.4, -0.2) is 54.6 Å². The summed E-state index contributed by atoms with van der Waals surface area (Å²) in [6.45, 7) is 4.44. The molecule has 1 N–H and O–H groups in total. The number of piperidine rings is 1. The van der Waals surface area contributed by atoms with E-state index in [0.29, 0.717) is 6.04 Å². The number of nitrogens with one attached hydrogen (secondary N) is 1. The summed E-state index contributed by atoms with van der Waals surface area (Å²) < 4.78 is 0. The van der Waals surface area contributed by atoms with E-state index in [1.807, 2.05) is 19.3 Å². The molecule has 0 atom stereocenters. The Morgan fingerprint density at radius 1 is 1.12 bits per heavy atom. The minimum atomic E-state index is 0.657. The number of rotatable bonds is 7. The summed E-state index contributed by atoms with van der Waals surface area (Å²) in [5.41, 5.74) is 2.71. The van der Waals surface area contributed by atoms with Crippen molar-refractivity contribution < 1.29 is 0 Å². The van der Waals surface area contributed by atoms with Crippen molar-refractivity contribution in [3.05, 3.63) is 59.8 Å². The maximum atomic E-state index is 4.48. The van der Waals surface area contributed by atoms with Gasteiger partial charge in [0.25, 0.3) is 0 Å². The van der Waals surface area contributed by atoms with E-state index in [1.165, 1.54) is 37.1 Å². The molecule has 134 valence electrons. The third-order valence-electron chi connectivity index (χ3n) is 5.24. The highest BCUT2D eigenvalue weighted by atomic mass is 15.2. The van der Waals surface area contributed by atoms with E-state index in [0.717, 1.165) is 25.3 Å². The average Bonchev–Trinajstić information content (AvgIpc) is 2.67. The maximum Gasteiger partial charge on any atom is 0.130 e. The molecule has 1 aliphatic rings. The molecule has 3 rings (SSSR count). The van der Waals surface area contributed by atoms with E-state index in [4.69, 9.17) is 0 Å². The van der Waals surface area contributed by atoms with Gasteiger partial charge in [0.15, 0.2) is 0 Å². The van der Waals surface area contributed by atoms with Gasteiger partial charge in [0.2, 0.25) is 0 Å². The molecule has 1 saturated heterocycles. The number of aromatic nitrogens is 1. The van der Waals surface area contributed by atoms with Crippen LogP contribution < -0.4 is 5.32 Å². The first kappa shape index (κ1) is 17.9. The predicted octanol–water partition coefficient (Wildman–Crippen LogP) is 3.26. The van der Waals surface area contributed by atoms with Gasteiger partial charge < -0.3 is 10.2 Å². The fraction of sp³-hybridized carbons (Fsp3) is 0.476. The second kappa shape index (κ2) is 8.97. The average molecular weight is 338 g/mol. The molecule has 0 amide bonds. The molecular formula is C21H30N4. The summed E-state index contributed by atoms with van der Waals surface area (Å²) >= 11 is 0. The number of nitrogens with zero attached hydrogens (tertiary/aromatic N) is 3. The Bertz CT molecular complexity index is 635. The standard InChI is InChI=1S/C21H30N4/c1-22-21-19(9-6-13-23-21)17-25(20-11-14-24(2)15-12-20)16-10-18-7-4-3-5-8-18/h3-9,13,20H,10-12,14-17H2,1-2H3,(H,22,23). The zero-order chi connectivity index (χ0) is 17.5. The Balaban J connectivity index is 1.71. The van der Waals surface area contributed by atoms with Gasteiger partial charge >= 0.3 is 0 Å². The van der Waals surface area contributed by atoms with E-state index in [2.05, 4.69) is 63.5 Å². The molecule has 0 saturated carbocycles. The van der Waals surface area contributed by atoms with Gasteiger partial charge in [-0.1, -0.05) is 36.4 Å². The molecule has 0 aliphatic carbocycles. The van der Waals surface area contributed by atoms with Crippen LogP contribution in [0.5, 0.6) is 0 Å². The molecule has 0 bridgehead atoms. The van der Waals surface area contributed by atoms with Crippen LogP contribution in [0.25, 0.3) is 0 Å². The van der Waals surface area contributed by atoms with E-state index in [1.54, 1.807) is 0 Å². The first-order valence-corrected chi connectivity index (χ1v) is 9.34. The Kier molecular flexibility index (Phi) is 6.42. The molecule has 1 aromatic heterocycles. The fourth-order valence-electron chi connectivity index (χ4n) is 3.68. The van der Waals surface area contributed by atoms with E-state index in [-0.39, 0.29) is 0 Å². The van der Waals surface area contributed by atoms with Crippen LogP contribution in [0.1, 0.15) is 24.0 Å². The SMILES string of the molecule is CNc1ncccc1CN(CCc1ccccc1)C1CCN(C)CC1. The molecule has 0 unspecified atom stereocenters. The molecule has 1 aliphatic heterocycles. The van der Waals surface area contributed by atoms with Crippen molar-refractivity contribution >= 4 is 5.82 Å². The summed E-state index contributed by atoms with van der Waals surface area (Å²) in [5, 5.41) is 3.24. The van der Waals surface area contributed by atoms with Crippen LogP contribution in [0.15, 0.2) is 48.7 Å². The monoisotopic (exact) mass is 338 g/mol. The molecule has 4 heteroatoms. The maximum absolute atomic E-state index is 4.48. The lowest BCUT2D eigenvalue weighted by molar-refractivity contribution is 0.115. The van der Waals surface area contributed by atoms with Gasteiger partial charge in [-0.3, -0.25) is 4.90 Å². The zero-order valence-corrected chi connectivity index (χ0v) is 15.5. The van der Waals surface area contributed by atoms with E-state index < -0.39 is 0 Å². The van der Waals surface area contributed by atoms with Crippen molar-refractivity contribution in [2.24, 2.45) is 0 Å². The number of pyridine rings is 1. The predicted molar refractivity (Wildman–Crippen MR) is 105 cm³/mol. The second-order valence-electron chi connectivity index (χ2n) is 7.00. The lowest BCUT2D eigenvalue weighted by Gasteiger charge is -2.37. The highest BCUT2D eigenvalue weighted by molar-refractivity contribution is 5.42. The Morgan fingerprint density at radius 2 is 1.88 bits per heavy atom. The van der Waals surface area contributed by atoms with E-state index in [9.17, 15) is 0 Å². The number of likely N-dealkylation sites (tertiary alicyclic amines) is 1. The summed E-state index contributed by atoms with van der Waals surface area (Å²) in [6, 6.07) is 15.7. The summed E-state index contributed by atoms with van der Waals surface area (Å²) in [5.74, 6) is 1.00. The third-order valence-corrected chi connectivity index (χ3v) is 5.24. The number of hydrogen-bond acceptors (Lipinski definition) is 4. The summed E-state index contributed by atoms with van der Waals surface area (Å²) in [7, 11) is 4.18. The first-order valence-electron chi connectivity index (χ1n) is 9.34. The second-order valence-corrected chi connectivity index (χ2v) is 7.00. The highest BCUT2D eigenvalue weighted by Crippen LogP contribution is 2.21. The molecule has 1 aromatic carbocycles. The van der Waals surface area contributed by atoms with Gasteiger partial charge in [0, 0.05) is 37.9 Å². The number of anilines is 1. The van der Waals surface area contributed by atoms with Crippen molar-refractivity contribution in [3.8, 4) is 0 Å². The Hall–Kier alpha value is -1.91. The zero-order valence-electron chi connectivity index (χ0n) is 15.5. The van der Waals surface area contributed by atoms with Crippen LogP contribution in [0.4, 0.5) is 5.82 Å². The fourth-order valence-corrected chi connectivity index (χ4v) is 3.68. The molecule has 0 radical (unpaired) electrons. The number of benzene rings is 1. The van der Waals surface area contributed by atoms with Crippen molar-refractivity contribution in [1.82, 2.24) is 14.8 Å². The topological polar surface area (TPSA) is 31.4 Å². The lowest BCUT2D eigenvalue weighted by Crippen LogP contribution is -2.44. The molecular weight excluding hydrogens is 308 g/mol. The Labute approximate surface area is 151 Å². The smallest absolute Gasteiger partial charge is 0.130 e. The van der Waals surface area contributed by atoms with Crippen molar-refractivity contribution in [2.75, 3.05) is 39.0 Å². The summed E-state index contributed by atoms with van der Waals surface area (Å²) in [4.78, 5) is 9.58. The quantitative estimate of drug-likeness (QED) is 0.840. The van der Waals surface area contributed by atoms with Gasteiger partial charge in [0.1, 0.15) is 5.82 Å². The van der Waals surface area contributed by atoms with Crippen LogP contribution >= 0.6 is 0 Å². The molecule has 2 aromatic rings. The van der Waals surface area contributed by atoms with Crippen molar-refractivity contribution in [3.63, 3.8) is 0 Å². The summed E-state index contributed by atoms with van der Waals surface area (Å²) in [6.07, 6.45) is 5.46. The van der Waals surface area contributed by atoms with Gasteiger partial charge in [-0.05, 0) is 51.0 Å². The first-order chi connectivity index (χ1) is 12.3. The van der Waals surface area contributed by atoms with Crippen LogP contribution in [0, 0.1) is 0 Å².